The Balaban J connectivity index is 1.55. The summed E-state index contributed by atoms with van der Waals surface area (Å²) >= 11 is 0. The monoisotopic (exact) mass is 386 g/mol. The van der Waals surface area contributed by atoms with Crippen molar-refractivity contribution in [2.75, 3.05) is 12.4 Å². The summed E-state index contributed by atoms with van der Waals surface area (Å²) in [5.74, 6) is 0.634. The van der Waals surface area contributed by atoms with E-state index in [9.17, 15) is 4.79 Å². The molecule has 0 spiro atoms. The number of nitrogens with zero attached hydrogens (tertiary/aromatic N) is 3. The average Bonchev–Trinajstić information content (AvgIpc) is 3.13. The molecule has 1 heterocycles. The maximum absolute atomic E-state index is 12.6. The minimum Gasteiger partial charge on any atom is -0.497 e. The fraction of sp³-hybridized carbons (Fsp3) is 0.174. The molecule has 0 fully saturated rings. The van der Waals surface area contributed by atoms with E-state index in [0.717, 1.165) is 28.1 Å². The van der Waals surface area contributed by atoms with Gasteiger partial charge < -0.3 is 10.1 Å². The molecule has 4 rings (SSSR count). The normalized spacial score (nSPS) is 10.9. The molecule has 0 aliphatic carbocycles. The molecule has 0 radical (unpaired) electrons. The number of nitrogens with one attached hydrogen (secondary N) is 1. The van der Waals surface area contributed by atoms with Crippen molar-refractivity contribution >= 4 is 22.6 Å². The van der Waals surface area contributed by atoms with E-state index in [1.807, 2.05) is 67.1 Å². The number of anilines is 1. The van der Waals surface area contributed by atoms with Crippen LogP contribution in [-0.4, -0.2) is 28.0 Å². The SMILES string of the molecule is COc1cccc(Cn2nnc3cc(C(=O)Nc4ccc(C)c(C)c4)ccc32)c1. The molecule has 0 saturated heterocycles. The molecule has 29 heavy (non-hydrogen) atoms. The number of hydrogen-bond donors (Lipinski definition) is 1. The van der Waals surface area contributed by atoms with Crippen LogP contribution < -0.4 is 10.1 Å². The lowest BCUT2D eigenvalue weighted by Gasteiger charge is -2.08. The van der Waals surface area contributed by atoms with Crippen LogP contribution in [0.2, 0.25) is 0 Å². The van der Waals surface area contributed by atoms with Gasteiger partial charge in [0.05, 0.1) is 19.2 Å². The zero-order valence-corrected chi connectivity index (χ0v) is 16.6. The third kappa shape index (κ3) is 3.96. The zero-order chi connectivity index (χ0) is 20.4. The Bertz CT molecular complexity index is 1200. The van der Waals surface area contributed by atoms with Crippen molar-refractivity contribution in [2.45, 2.75) is 20.4 Å². The summed E-state index contributed by atoms with van der Waals surface area (Å²) in [5.41, 5.74) is 6.27. The highest BCUT2D eigenvalue weighted by molar-refractivity contribution is 6.05. The number of methoxy groups -OCH3 is 1. The molecule has 1 amide bonds. The van der Waals surface area contributed by atoms with Gasteiger partial charge in [0, 0.05) is 11.3 Å². The van der Waals surface area contributed by atoms with E-state index >= 15 is 0 Å². The Morgan fingerprint density at radius 1 is 1.03 bits per heavy atom. The first-order chi connectivity index (χ1) is 14.0. The van der Waals surface area contributed by atoms with Gasteiger partial charge in [-0.1, -0.05) is 23.4 Å². The summed E-state index contributed by atoms with van der Waals surface area (Å²) in [4.78, 5) is 12.6. The fourth-order valence-electron chi connectivity index (χ4n) is 3.20. The molecule has 0 bridgehead atoms. The molecule has 0 aliphatic heterocycles. The summed E-state index contributed by atoms with van der Waals surface area (Å²) in [6.07, 6.45) is 0. The molecular weight excluding hydrogens is 364 g/mol. The number of carbonyl (C=O) groups is 1. The number of benzene rings is 3. The number of aryl methyl sites for hydroxylation is 2. The standard InChI is InChI=1S/C23H22N4O2/c1-15-7-9-19(11-16(15)2)24-23(28)18-8-10-22-21(13-18)25-26-27(22)14-17-5-4-6-20(12-17)29-3/h4-13H,14H2,1-3H3,(H,24,28). The first-order valence-electron chi connectivity index (χ1n) is 9.38. The average molecular weight is 386 g/mol. The van der Waals surface area contributed by atoms with Gasteiger partial charge in [-0.2, -0.15) is 0 Å². The van der Waals surface area contributed by atoms with Gasteiger partial charge in [-0.25, -0.2) is 4.68 Å². The predicted molar refractivity (Wildman–Crippen MR) is 113 cm³/mol. The molecule has 3 aromatic carbocycles. The highest BCUT2D eigenvalue weighted by atomic mass is 16.5. The summed E-state index contributed by atoms with van der Waals surface area (Å²) in [6, 6.07) is 19.2. The van der Waals surface area contributed by atoms with Crippen molar-refractivity contribution in [1.29, 1.82) is 0 Å². The van der Waals surface area contributed by atoms with E-state index in [0.29, 0.717) is 17.6 Å². The van der Waals surface area contributed by atoms with Gasteiger partial charge in [0.1, 0.15) is 11.3 Å². The number of aromatic nitrogens is 3. The van der Waals surface area contributed by atoms with Crippen LogP contribution in [-0.2, 0) is 6.54 Å². The highest BCUT2D eigenvalue weighted by Crippen LogP contribution is 2.19. The first kappa shape index (κ1) is 18.7. The van der Waals surface area contributed by atoms with Crippen LogP contribution in [0.3, 0.4) is 0 Å². The maximum atomic E-state index is 12.6. The van der Waals surface area contributed by atoms with Gasteiger partial charge in [0.15, 0.2) is 0 Å². The molecule has 6 heteroatoms. The first-order valence-corrected chi connectivity index (χ1v) is 9.38. The fourth-order valence-corrected chi connectivity index (χ4v) is 3.20. The zero-order valence-electron chi connectivity index (χ0n) is 16.6. The Morgan fingerprint density at radius 3 is 2.69 bits per heavy atom. The maximum Gasteiger partial charge on any atom is 0.255 e. The highest BCUT2D eigenvalue weighted by Gasteiger charge is 2.11. The van der Waals surface area contributed by atoms with Crippen LogP contribution in [0.1, 0.15) is 27.0 Å². The Kier molecular flexibility index (Phi) is 4.99. The number of amides is 1. The van der Waals surface area contributed by atoms with E-state index in [1.165, 1.54) is 5.56 Å². The van der Waals surface area contributed by atoms with Gasteiger partial charge >= 0.3 is 0 Å². The van der Waals surface area contributed by atoms with Gasteiger partial charge in [-0.3, -0.25) is 4.79 Å². The van der Waals surface area contributed by atoms with Gasteiger partial charge in [0.2, 0.25) is 0 Å². The number of carbonyl (C=O) groups excluding carboxylic acids is 1. The van der Waals surface area contributed by atoms with Crippen molar-refractivity contribution < 1.29 is 9.53 Å². The second-order valence-corrected chi connectivity index (χ2v) is 7.06. The summed E-state index contributed by atoms with van der Waals surface area (Å²) in [5, 5.41) is 11.4. The molecular formula is C23H22N4O2. The van der Waals surface area contributed by atoms with E-state index in [2.05, 4.69) is 15.6 Å². The number of fused-ring (bicyclic) bond motifs is 1. The lowest BCUT2D eigenvalue weighted by atomic mass is 10.1. The Labute approximate surface area is 169 Å². The molecule has 0 aliphatic rings. The number of ether oxygens (including phenoxy) is 1. The van der Waals surface area contributed by atoms with Crippen LogP contribution >= 0.6 is 0 Å². The Morgan fingerprint density at radius 2 is 1.90 bits per heavy atom. The van der Waals surface area contributed by atoms with Gasteiger partial charge in [-0.05, 0) is 73.0 Å². The summed E-state index contributed by atoms with van der Waals surface area (Å²) in [7, 11) is 1.65. The van der Waals surface area contributed by atoms with Crippen molar-refractivity contribution in [3.63, 3.8) is 0 Å². The van der Waals surface area contributed by atoms with Crippen molar-refractivity contribution in [2.24, 2.45) is 0 Å². The van der Waals surface area contributed by atoms with Crippen LogP contribution in [0, 0.1) is 13.8 Å². The molecule has 6 nitrogen and oxygen atoms in total. The second kappa shape index (κ2) is 7.75. The van der Waals surface area contributed by atoms with Gasteiger partial charge in [0.25, 0.3) is 5.91 Å². The molecule has 1 aromatic heterocycles. The van der Waals surface area contributed by atoms with E-state index in [1.54, 1.807) is 19.2 Å². The number of rotatable bonds is 5. The molecule has 0 atom stereocenters. The summed E-state index contributed by atoms with van der Waals surface area (Å²) in [6.45, 7) is 4.64. The van der Waals surface area contributed by atoms with Crippen LogP contribution in [0.5, 0.6) is 5.75 Å². The topological polar surface area (TPSA) is 69.0 Å². The quantitative estimate of drug-likeness (QED) is 0.553. The molecule has 4 aromatic rings. The van der Waals surface area contributed by atoms with Crippen LogP contribution in [0.25, 0.3) is 11.0 Å². The minimum atomic E-state index is -0.169. The lowest BCUT2D eigenvalue weighted by Crippen LogP contribution is -2.12. The van der Waals surface area contributed by atoms with E-state index < -0.39 is 0 Å². The van der Waals surface area contributed by atoms with E-state index in [-0.39, 0.29) is 5.91 Å². The van der Waals surface area contributed by atoms with Crippen molar-refractivity contribution in [1.82, 2.24) is 15.0 Å². The smallest absolute Gasteiger partial charge is 0.255 e. The minimum absolute atomic E-state index is 0.169. The lowest BCUT2D eigenvalue weighted by molar-refractivity contribution is 0.102. The molecule has 1 N–H and O–H groups in total. The largest absolute Gasteiger partial charge is 0.497 e. The molecule has 0 unspecified atom stereocenters. The van der Waals surface area contributed by atoms with E-state index in [4.69, 9.17) is 4.74 Å². The number of hydrogen-bond acceptors (Lipinski definition) is 4. The predicted octanol–water partition coefficient (Wildman–Crippen LogP) is 4.36. The Hall–Kier alpha value is -3.67. The molecule has 146 valence electrons. The summed E-state index contributed by atoms with van der Waals surface area (Å²) < 4.78 is 7.09. The second-order valence-electron chi connectivity index (χ2n) is 7.06. The van der Waals surface area contributed by atoms with Crippen LogP contribution in [0.15, 0.2) is 60.7 Å². The van der Waals surface area contributed by atoms with Crippen molar-refractivity contribution in [3.05, 3.63) is 82.9 Å². The van der Waals surface area contributed by atoms with Crippen LogP contribution in [0.4, 0.5) is 5.69 Å². The third-order valence-electron chi connectivity index (χ3n) is 5.01. The third-order valence-corrected chi connectivity index (χ3v) is 5.01. The van der Waals surface area contributed by atoms with Gasteiger partial charge in [-0.15, -0.1) is 5.10 Å². The molecule has 0 saturated carbocycles. The van der Waals surface area contributed by atoms with Crippen molar-refractivity contribution in [3.8, 4) is 5.75 Å².